The maximum Gasteiger partial charge on any atom is 0.205 e. The van der Waals surface area contributed by atoms with Crippen molar-refractivity contribution in [2.75, 3.05) is 0 Å². The average Bonchev–Trinajstić information content (AvgIpc) is 3.18. The van der Waals surface area contributed by atoms with Crippen LogP contribution in [-0.4, -0.2) is 20.7 Å². The van der Waals surface area contributed by atoms with Gasteiger partial charge < -0.3 is 4.42 Å². The van der Waals surface area contributed by atoms with Gasteiger partial charge in [0.15, 0.2) is 16.7 Å². The second-order valence-corrected chi connectivity index (χ2v) is 5.78. The molecule has 3 rings (SSSR count). The van der Waals surface area contributed by atoms with Crippen molar-refractivity contribution in [1.29, 1.82) is 5.26 Å². The van der Waals surface area contributed by atoms with Gasteiger partial charge in [0.1, 0.15) is 11.5 Å². The van der Waals surface area contributed by atoms with E-state index in [1.165, 1.54) is 11.3 Å². The van der Waals surface area contributed by atoms with E-state index in [4.69, 9.17) is 4.42 Å². The Balaban J connectivity index is 1.93. The van der Waals surface area contributed by atoms with Gasteiger partial charge in [-0.15, -0.1) is 11.3 Å². The number of Topliss-reactive ketones (excluding diaryl/α,β-unsaturated/α-hetero) is 1. The van der Waals surface area contributed by atoms with Crippen molar-refractivity contribution in [2.45, 2.75) is 19.8 Å². The van der Waals surface area contributed by atoms with Crippen LogP contribution in [0.1, 0.15) is 33.6 Å². The normalized spacial score (nSPS) is 11.9. The smallest absolute Gasteiger partial charge is 0.205 e. The molecular weight excluding hydrogens is 312 g/mol. The molecule has 3 heterocycles. The molecule has 0 fully saturated rings. The van der Waals surface area contributed by atoms with E-state index in [2.05, 4.69) is 15.0 Å². The number of furan rings is 1. The average molecular weight is 324 g/mol. The monoisotopic (exact) mass is 324 g/mol. The first kappa shape index (κ1) is 15.1. The summed E-state index contributed by atoms with van der Waals surface area (Å²) in [6.07, 6.45) is 1.54. The first-order chi connectivity index (χ1) is 11.1. The van der Waals surface area contributed by atoms with E-state index in [9.17, 15) is 10.1 Å². The van der Waals surface area contributed by atoms with Gasteiger partial charge in [0.25, 0.3) is 0 Å². The molecule has 0 N–H and O–H groups in total. The van der Waals surface area contributed by atoms with Crippen molar-refractivity contribution in [2.24, 2.45) is 0 Å². The number of aryl methyl sites for hydroxylation is 2. The van der Waals surface area contributed by atoms with Crippen molar-refractivity contribution in [3.63, 3.8) is 0 Å². The maximum absolute atomic E-state index is 12.6. The molecule has 0 aliphatic heterocycles. The summed E-state index contributed by atoms with van der Waals surface area (Å²) in [5.74, 6) is -0.250. The number of hydrogen-bond donors (Lipinski definition) is 0. The molecule has 0 saturated carbocycles. The van der Waals surface area contributed by atoms with Crippen LogP contribution in [0, 0.1) is 25.2 Å². The second kappa shape index (κ2) is 6.10. The van der Waals surface area contributed by atoms with Gasteiger partial charge in [-0.1, -0.05) is 0 Å². The Morgan fingerprint density at radius 1 is 1.35 bits per heavy atom. The molecule has 0 aromatic carbocycles. The molecule has 114 valence electrons. The van der Waals surface area contributed by atoms with Crippen molar-refractivity contribution in [3.8, 4) is 16.8 Å². The minimum atomic E-state index is -0.998. The van der Waals surface area contributed by atoms with E-state index in [0.717, 1.165) is 5.69 Å². The van der Waals surface area contributed by atoms with Crippen LogP contribution in [0.15, 0.2) is 34.3 Å². The van der Waals surface area contributed by atoms with Crippen LogP contribution in [0.2, 0.25) is 0 Å². The first-order valence-corrected chi connectivity index (χ1v) is 7.72. The Morgan fingerprint density at radius 3 is 2.83 bits per heavy atom. The third-order valence-electron chi connectivity index (χ3n) is 3.16. The van der Waals surface area contributed by atoms with E-state index >= 15 is 0 Å². The number of carbonyl (C=O) groups is 1. The standard InChI is InChI=1S/C16H12N4O2S/c1-9-6-12(19-10(2)18-9)11(7-17)15(21)13-8-23-16(20-13)14-4-3-5-22-14/h3-6,8,11H,1-2H3. The highest BCUT2D eigenvalue weighted by Gasteiger charge is 2.26. The van der Waals surface area contributed by atoms with Crippen LogP contribution in [0.4, 0.5) is 0 Å². The van der Waals surface area contributed by atoms with Gasteiger partial charge >= 0.3 is 0 Å². The molecule has 3 aromatic heterocycles. The molecule has 1 atom stereocenters. The lowest BCUT2D eigenvalue weighted by atomic mass is 9.99. The highest BCUT2D eigenvalue weighted by Crippen LogP contribution is 2.27. The number of thiazole rings is 1. The van der Waals surface area contributed by atoms with Crippen LogP contribution < -0.4 is 0 Å². The van der Waals surface area contributed by atoms with Gasteiger partial charge in [0, 0.05) is 11.1 Å². The van der Waals surface area contributed by atoms with Gasteiger partial charge in [-0.3, -0.25) is 4.79 Å². The molecule has 1 unspecified atom stereocenters. The largest absolute Gasteiger partial charge is 0.462 e. The Morgan fingerprint density at radius 2 is 2.17 bits per heavy atom. The quantitative estimate of drug-likeness (QED) is 0.684. The van der Waals surface area contributed by atoms with Gasteiger partial charge in [0.05, 0.1) is 18.0 Å². The van der Waals surface area contributed by atoms with E-state index in [-0.39, 0.29) is 11.5 Å². The zero-order valence-electron chi connectivity index (χ0n) is 12.5. The second-order valence-electron chi connectivity index (χ2n) is 4.92. The molecule has 0 aliphatic carbocycles. The SMILES string of the molecule is Cc1cc(C(C#N)C(=O)c2csc(-c3ccco3)n2)nc(C)n1. The van der Waals surface area contributed by atoms with Crippen LogP contribution >= 0.6 is 11.3 Å². The minimum Gasteiger partial charge on any atom is -0.462 e. The van der Waals surface area contributed by atoms with E-state index in [1.54, 1.807) is 43.7 Å². The number of carbonyl (C=O) groups excluding carboxylic acids is 1. The van der Waals surface area contributed by atoms with Crippen LogP contribution in [0.3, 0.4) is 0 Å². The molecule has 6 nitrogen and oxygen atoms in total. The number of nitrogens with zero attached hydrogens (tertiary/aromatic N) is 4. The summed E-state index contributed by atoms with van der Waals surface area (Å²) in [6.45, 7) is 3.53. The maximum atomic E-state index is 12.6. The topological polar surface area (TPSA) is 92.7 Å². The number of nitriles is 1. The van der Waals surface area contributed by atoms with Crippen LogP contribution in [0.5, 0.6) is 0 Å². The molecule has 0 bridgehead atoms. The van der Waals surface area contributed by atoms with E-state index < -0.39 is 5.92 Å². The highest BCUT2D eigenvalue weighted by atomic mass is 32.1. The van der Waals surface area contributed by atoms with Gasteiger partial charge in [-0.05, 0) is 32.0 Å². The summed E-state index contributed by atoms with van der Waals surface area (Å²) in [4.78, 5) is 25.3. The summed E-state index contributed by atoms with van der Waals surface area (Å²) < 4.78 is 5.27. The van der Waals surface area contributed by atoms with Crippen LogP contribution in [0.25, 0.3) is 10.8 Å². The third kappa shape index (κ3) is 3.03. The van der Waals surface area contributed by atoms with Crippen molar-refractivity contribution in [3.05, 3.63) is 52.7 Å². The van der Waals surface area contributed by atoms with Crippen molar-refractivity contribution >= 4 is 17.1 Å². The zero-order chi connectivity index (χ0) is 16.4. The molecule has 7 heteroatoms. The molecule has 0 aliphatic rings. The molecule has 23 heavy (non-hydrogen) atoms. The highest BCUT2D eigenvalue weighted by molar-refractivity contribution is 7.13. The van der Waals surface area contributed by atoms with E-state index in [0.29, 0.717) is 22.3 Å². The molecule has 0 spiro atoms. The summed E-state index contributed by atoms with van der Waals surface area (Å²) in [5, 5.41) is 11.6. The number of aromatic nitrogens is 3. The zero-order valence-corrected chi connectivity index (χ0v) is 13.3. The van der Waals surface area contributed by atoms with Crippen LogP contribution in [-0.2, 0) is 0 Å². The Kier molecular flexibility index (Phi) is 4.00. The number of ketones is 1. The van der Waals surface area contributed by atoms with Crippen molar-refractivity contribution < 1.29 is 9.21 Å². The molecule has 0 saturated heterocycles. The predicted octanol–water partition coefficient (Wildman–Crippen LogP) is 3.30. The molecular formula is C16H12N4O2S. The molecule has 3 aromatic rings. The summed E-state index contributed by atoms with van der Waals surface area (Å²) in [5.41, 5.74) is 1.35. The Labute approximate surface area is 136 Å². The lowest BCUT2D eigenvalue weighted by molar-refractivity contribution is 0.0973. The summed E-state index contributed by atoms with van der Waals surface area (Å²) >= 11 is 1.30. The lowest BCUT2D eigenvalue weighted by Crippen LogP contribution is -2.14. The minimum absolute atomic E-state index is 0.238. The third-order valence-corrected chi connectivity index (χ3v) is 4.02. The number of hydrogen-bond acceptors (Lipinski definition) is 7. The summed E-state index contributed by atoms with van der Waals surface area (Å²) in [6, 6.07) is 7.19. The lowest BCUT2D eigenvalue weighted by Gasteiger charge is -2.07. The first-order valence-electron chi connectivity index (χ1n) is 6.84. The summed E-state index contributed by atoms with van der Waals surface area (Å²) in [7, 11) is 0. The van der Waals surface area contributed by atoms with Gasteiger partial charge in [-0.25, -0.2) is 15.0 Å². The van der Waals surface area contributed by atoms with Gasteiger partial charge in [-0.2, -0.15) is 5.26 Å². The van der Waals surface area contributed by atoms with E-state index in [1.807, 2.05) is 6.07 Å². The molecule has 0 radical (unpaired) electrons. The van der Waals surface area contributed by atoms with Gasteiger partial charge in [0.2, 0.25) is 5.78 Å². The Bertz CT molecular complexity index is 873. The predicted molar refractivity (Wildman–Crippen MR) is 84.0 cm³/mol. The fourth-order valence-electron chi connectivity index (χ4n) is 2.20. The Hall–Kier alpha value is -2.85. The number of rotatable bonds is 4. The molecule has 0 amide bonds. The fourth-order valence-corrected chi connectivity index (χ4v) is 2.98. The van der Waals surface area contributed by atoms with Crippen molar-refractivity contribution in [1.82, 2.24) is 15.0 Å². The fraction of sp³-hybridized carbons (Fsp3) is 0.188.